The van der Waals surface area contributed by atoms with Gasteiger partial charge in [0.05, 0.1) is 24.3 Å². The fourth-order valence-corrected chi connectivity index (χ4v) is 1.51. The van der Waals surface area contributed by atoms with Crippen LogP contribution < -0.4 is 5.32 Å². The summed E-state index contributed by atoms with van der Waals surface area (Å²) in [6.45, 7) is 0. The van der Waals surface area contributed by atoms with E-state index in [1.165, 1.54) is 6.07 Å². The summed E-state index contributed by atoms with van der Waals surface area (Å²) in [5.41, 5.74) is 1.23. The zero-order valence-corrected chi connectivity index (χ0v) is 8.27. The van der Waals surface area contributed by atoms with E-state index in [-0.39, 0.29) is 11.9 Å². The van der Waals surface area contributed by atoms with Crippen molar-refractivity contribution >= 4 is 0 Å². The first-order valence-corrected chi connectivity index (χ1v) is 4.62. The van der Waals surface area contributed by atoms with Crippen LogP contribution in [0.3, 0.4) is 0 Å². The highest BCUT2D eigenvalue weighted by molar-refractivity contribution is 5.24. The number of aromatic nitrogens is 1. The molecule has 0 amide bonds. The van der Waals surface area contributed by atoms with E-state index >= 15 is 0 Å². The Balaban J connectivity index is 2.40. The molecule has 78 valence electrons. The second-order valence-electron chi connectivity index (χ2n) is 3.15. The van der Waals surface area contributed by atoms with Gasteiger partial charge in [-0.1, -0.05) is 0 Å². The molecule has 0 saturated heterocycles. The molecule has 1 atom stereocenters. The van der Waals surface area contributed by atoms with Crippen LogP contribution in [-0.2, 0) is 0 Å². The van der Waals surface area contributed by atoms with E-state index in [1.807, 2.05) is 0 Å². The molecule has 0 aliphatic heterocycles. The molecule has 0 saturated carbocycles. The molecule has 2 heterocycles. The summed E-state index contributed by atoms with van der Waals surface area (Å²) in [7, 11) is 1.76. The third-order valence-corrected chi connectivity index (χ3v) is 2.23. The van der Waals surface area contributed by atoms with Crippen molar-refractivity contribution in [3.63, 3.8) is 0 Å². The zero-order valence-electron chi connectivity index (χ0n) is 8.27. The van der Waals surface area contributed by atoms with E-state index in [4.69, 9.17) is 4.42 Å². The van der Waals surface area contributed by atoms with Crippen LogP contribution in [0.25, 0.3) is 0 Å². The summed E-state index contributed by atoms with van der Waals surface area (Å²) < 4.78 is 18.5. The minimum absolute atomic E-state index is 0.273. The smallest absolute Gasteiger partial charge is 0.146 e. The van der Waals surface area contributed by atoms with Crippen molar-refractivity contribution in [2.24, 2.45) is 0 Å². The van der Waals surface area contributed by atoms with Gasteiger partial charge in [0.25, 0.3) is 0 Å². The molecule has 1 N–H and O–H groups in total. The maximum atomic E-state index is 13.5. The Morgan fingerprint density at radius 2 is 2.33 bits per heavy atom. The SMILES string of the molecule is CNC(c1ccoc1)c1ncccc1F. The van der Waals surface area contributed by atoms with E-state index in [9.17, 15) is 4.39 Å². The van der Waals surface area contributed by atoms with Crippen molar-refractivity contribution in [2.45, 2.75) is 6.04 Å². The van der Waals surface area contributed by atoms with Gasteiger partial charge in [-0.05, 0) is 25.2 Å². The molecule has 0 bridgehead atoms. The predicted octanol–water partition coefficient (Wildman–Crippen LogP) is 2.12. The molecule has 1 unspecified atom stereocenters. The molecule has 0 aliphatic carbocycles. The summed E-state index contributed by atoms with van der Waals surface area (Å²) in [6.07, 6.45) is 4.71. The topological polar surface area (TPSA) is 38.1 Å². The largest absolute Gasteiger partial charge is 0.472 e. The first-order valence-electron chi connectivity index (χ1n) is 4.62. The minimum Gasteiger partial charge on any atom is -0.472 e. The van der Waals surface area contributed by atoms with Gasteiger partial charge in [0, 0.05) is 11.8 Å². The van der Waals surface area contributed by atoms with E-state index in [2.05, 4.69) is 10.3 Å². The maximum absolute atomic E-state index is 13.5. The van der Waals surface area contributed by atoms with Crippen LogP contribution in [0.1, 0.15) is 17.3 Å². The Hall–Kier alpha value is -1.68. The van der Waals surface area contributed by atoms with Crippen LogP contribution in [0, 0.1) is 5.82 Å². The number of hydrogen-bond acceptors (Lipinski definition) is 3. The fraction of sp³-hybridized carbons (Fsp3) is 0.182. The standard InChI is InChI=1S/C11H11FN2O/c1-13-10(8-4-6-15-7-8)11-9(12)3-2-5-14-11/h2-7,10,13H,1H3. The summed E-state index contributed by atoms with van der Waals surface area (Å²) in [5, 5.41) is 3.00. The average molecular weight is 206 g/mol. The van der Waals surface area contributed by atoms with Crippen LogP contribution in [0.15, 0.2) is 41.3 Å². The highest BCUT2D eigenvalue weighted by Gasteiger charge is 2.17. The van der Waals surface area contributed by atoms with E-state index in [0.29, 0.717) is 5.69 Å². The maximum Gasteiger partial charge on any atom is 0.146 e. The molecule has 15 heavy (non-hydrogen) atoms. The Morgan fingerprint density at radius 1 is 1.47 bits per heavy atom. The van der Waals surface area contributed by atoms with Gasteiger partial charge < -0.3 is 9.73 Å². The molecular formula is C11H11FN2O. The lowest BCUT2D eigenvalue weighted by Gasteiger charge is -2.13. The second kappa shape index (κ2) is 4.23. The summed E-state index contributed by atoms with van der Waals surface area (Å²) >= 11 is 0. The monoisotopic (exact) mass is 206 g/mol. The van der Waals surface area contributed by atoms with Crippen molar-refractivity contribution < 1.29 is 8.81 Å². The Labute approximate surface area is 86.9 Å². The molecule has 0 aromatic carbocycles. The minimum atomic E-state index is -0.321. The number of nitrogens with zero attached hydrogens (tertiary/aromatic N) is 1. The molecule has 0 radical (unpaired) electrons. The zero-order chi connectivity index (χ0) is 10.7. The number of hydrogen-bond donors (Lipinski definition) is 1. The molecular weight excluding hydrogens is 195 g/mol. The normalized spacial score (nSPS) is 12.7. The lowest BCUT2D eigenvalue weighted by atomic mass is 10.1. The van der Waals surface area contributed by atoms with Crippen LogP contribution in [0.4, 0.5) is 4.39 Å². The van der Waals surface area contributed by atoms with Crippen LogP contribution in [0.2, 0.25) is 0 Å². The lowest BCUT2D eigenvalue weighted by Crippen LogP contribution is -2.19. The predicted molar refractivity (Wildman–Crippen MR) is 53.8 cm³/mol. The molecule has 4 heteroatoms. The van der Waals surface area contributed by atoms with Gasteiger partial charge in [-0.25, -0.2) is 4.39 Å². The third kappa shape index (κ3) is 1.89. The summed E-state index contributed by atoms with van der Waals surface area (Å²) in [6, 6.07) is 4.48. The number of pyridine rings is 1. The highest BCUT2D eigenvalue weighted by Crippen LogP contribution is 2.22. The quantitative estimate of drug-likeness (QED) is 0.835. The average Bonchev–Trinajstić information content (AvgIpc) is 2.75. The summed E-state index contributed by atoms with van der Waals surface area (Å²) in [4.78, 5) is 4.03. The molecule has 3 nitrogen and oxygen atoms in total. The van der Waals surface area contributed by atoms with Crippen molar-refractivity contribution in [3.05, 3.63) is 54.0 Å². The molecule has 2 aromatic rings. The number of nitrogens with one attached hydrogen (secondary N) is 1. The molecule has 2 rings (SSSR count). The van der Waals surface area contributed by atoms with E-state index in [0.717, 1.165) is 5.56 Å². The van der Waals surface area contributed by atoms with Gasteiger partial charge in [-0.2, -0.15) is 0 Å². The van der Waals surface area contributed by atoms with Crippen LogP contribution in [0.5, 0.6) is 0 Å². The number of rotatable bonds is 3. The Kier molecular flexibility index (Phi) is 2.78. The van der Waals surface area contributed by atoms with E-state index < -0.39 is 0 Å². The van der Waals surface area contributed by atoms with Gasteiger partial charge in [0.2, 0.25) is 0 Å². The van der Waals surface area contributed by atoms with Gasteiger partial charge in [0.1, 0.15) is 5.82 Å². The van der Waals surface area contributed by atoms with Crippen LogP contribution >= 0.6 is 0 Å². The van der Waals surface area contributed by atoms with Gasteiger partial charge in [-0.3, -0.25) is 4.98 Å². The van der Waals surface area contributed by atoms with Crippen molar-refractivity contribution in [2.75, 3.05) is 7.05 Å². The van der Waals surface area contributed by atoms with Gasteiger partial charge in [0.15, 0.2) is 0 Å². The molecule has 0 fully saturated rings. The van der Waals surface area contributed by atoms with E-state index in [1.54, 1.807) is 37.9 Å². The second-order valence-corrected chi connectivity index (χ2v) is 3.15. The number of halogens is 1. The van der Waals surface area contributed by atoms with Crippen molar-refractivity contribution in [3.8, 4) is 0 Å². The third-order valence-electron chi connectivity index (χ3n) is 2.23. The number of furan rings is 1. The molecule has 2 aromatic heterocycles. The van der Waals surface area contributed by atoms with Gasteiger partial charge >= 0.3 is 0 Å². The first-order chi connectivity index (χ1) is 7.33. The summed E-state index contributed by atoms with van der Waals surface area (Å²) in [5.74, 6) is -0.321. The van der Waals surface area contributed by atoms with Crippen molar-refractivity contribution in [1.82, 2.24) is 10.3 Å². The lowest BCUT2D eigenvalue weighted by molar-refractivity contribution is 0.540. The molecule has 0 aliphatic rings. The molecule has 0 spiro atoms. The Bertz CT molecular complexity index is 428. The van der Waals surface area contributed by atoms with Crippen LogP contribution in [-0.4, -0.2) is 12.0 Å². The highest BCUT2D eigenvalue weighted by atomic mass is 19.1. The van der Waals surface area contributed by atoms with Gasteiger partial charge in [-0.15, -0.1) is 0 Å². The first kappa shape index (κ1) is 9.86. The fourth-order valence-electron chi connectivity index (χ4n) is 1.51. The van der Waals surface area contributed by atoms with Crippen molar-refractivity contribution in [1.29, 1.82) is 0 Å². The Morgan fingerprint density at radius 3 is 2.93 bits per heavy atom.